The topological polar surface area (TPSA) is 123 Å². The summed E-state index contributed by atoms with van der Waals surface area (Å²) >= 11 is 0. The van der Waals surface area contributed by atoms with Gasteiger partial charge in [0.1, 0.15) is 19.4 Å². The number of ether oxygens (including phenoxy) is 3. The highest BCUT2D eigenvalue weighted by Gasteiger charge is 2.35. The van der Waals surface area contributed by atoms with Gasteiger partial charge >= 0.3 is 11.8 Å². The van der Waals surface area contributed by atoms with E-state index in [0.717, 1.165) is 25.7 Å². The molecule has 1 aromatic carbocycles. The first-order chi connectivity index (χ1) is 16.4. The Balaban J connectivity index is 1.33. The van der Waals surface area contributed by atoms with E-state index in [9.17, 15) is 18.0 Å². The van der Waals surface area contributed by atoms with Crippen molar-refractivity contribution in [3.05, 3.63) is 29.8 Å². The summed E-state index contributed by atoms with van der Waals surface area (Å²) in [6, 6.07) is 4.46. The second-order valence-corrected chi connectivity index (χ2v) is 10.3. The molecular formula is C23H31N3O7S. The van der Waals surface area contributed by atoms with E-state index in [1.54, 1.807) is 6.07 Å². The van der Waals surface area contributed by atoms with Crippen LogP contribution in [0.5, 0.6) is 11.5 Å². The molecule has 0 bridgehead atoms. The summed E-state index contributed by atoms with van der Waals surface area (Å²) in [6.45, 7) is 1.60. The molecule has 0 saturated carbocycles. The van der Waals surface area contributed by atoms with Gasteiger partial charge in [0.2, 0.25) is 10.0 Å². The van der Waals surface area contributed by atoms with Gasteiger partial charge in [-0.05, 0) is 50.7 Å². The Hall–Kier alpha value is -2.63. The van der Waals surface area contributed by atoms with E-state index in [1.165, 1.54) is 28.4 Å². The van der Waals surface area contributed by atoms with Crippen molar-refractivity contribution >= 4 is 21.8 Å². The lowest BCUT2D eigenvalue weighted by atomic mass is 9.97. The lowest BCUT2D eigenvalue weighted by Gasteiger charge is -2.34. The van der Waals surface area contributed by atoms with Crippen LogP contribution in [0.25, 0.3) is 0 Å². The van der Waals surface area contributed by atoms with Gasteiger partial charge in [0, 0.05) is 19.2 Å². The molecule has 2 aliphatic heterocycles. The van der Waals surface area contributed by atoms with Crippen molar-refractivity contribution < 1.29 is 32.2 Å². The van der Waals surface area contributed by atoms with Crippen LogP contribution in [0.2, 0.25) is 0 Å². The highest BCUT2D eigenvalue weighted by Crippen LogP contribution is 2.34. The minimum absolute atomic E-state index is 0.0494. The molecule has 10 nitrogen and oxygen atoms in total. The Bertz CT molecular complexity index is 1040. The number of nitrogens with zero attached hydrogens (tertiary/aromatic N) is 1. The Morgan fingerprint density at radius 2 is 1.79 bits per heavy atom. The first-order valence-corrected chi connectivity index (χ1v) is 13.2. The summed E-state index contributed by atoms with van der Waals surface area (Å²) < 4.78 is 44.4. The monoisotopic (exact) mass is 493 g/mol. The number of nitrogens with one attached hydrogen (secondary N) is 2. The average Bonchev–Trinajstić information content (AvgIpc) is 2.87. The van der Waals surface area contributed by atoms with Crippen LogP contribution in [0.3, 0.4) is 0 Å². The van der Waals surface area contributed by atoms with Gasteiger partial charge in [-0.25, -0.2) is 8.42 Å². The van der Waals surface area contributed by atoms with Gasteiger partial charge in [-0.15, -0.1) is 0 Å². The predicted molar refractivity (Wildman–Crippen MR) is 123 cm³/mol. The summed E-state index contributed by atoms with van der Waals surface area (Å²) in [4.78, 5) is 24.5. The maximum atomic E-state index is 13.3. The number of benzene rings is 1. The summed E-state index contributed by atoms with van der Waals surface area (Å²) in [7, 11) is -3.92. The second-order valence-electron chi connectivity index (χ2n) is 8.42. The summed E-state index contributed by atoms with van der Waals surface area (Å²) in [5, 5.41) is 5.13. The third kappa shape index (κ3) is 5.89. The number of fused-ring (bicyclic) bond motifs is 1. The third-order valence-corrected chi connectivity index (χ3v) is 7.92. The van der Waals surface area contributed by atoms with Crippen molar-refractivity contribution in [2.75, 3.05) is 39.5 Å². The number of allylic oxidation sites excluding steroid dienone is 1. The van der Waals surface area contributed by atoms with Crippen molar-refractivity contribution in [2.24, 2.45) is 0 Å². The molecule has 1 aliphatic carbocycles. The zero-order chi connectivity index (χ0) is 24.0. The molecule has 2 amide bonds. The van der Waals surface area contributed by atoms with Gasteiger partial charge in [-0.1, -0.05) is 11.6 Å². The van der Waals surface area contributed by atoms with Crippen molar-refractivity contribution in [1.82, 2.24) is 14.9 Å². The highest BCUT2D eigenvalue weighted by atomic mass is 32.2. The van der Waals surface area contributed by atoms with Crippen molar-refractivity contribution in [3.8, 4) is 11.5 Å². The van der Waals surface area contributed by atoms with Gasteiger partial charge < -0.3 is 24.8 Å². The zero-order valence-corrected chi connectivity index (χ0v) is 19.9. The van der Waals surface area contributed by atoms with Gasteiger partial charge in [0.15, 0.2) is 11.5 Å². The van der Waals surface area contributed by atoms with Crippen LogP contribution in [0.15, 0.2) is 34.7 Å². The van der Waals surface area contributed by atoms with Gasteiger partial charge in [0.05, 0.1) is 18.0 Å². The molecule has 0 spiro atoms. The number of hydrogen-bond donors (Lipinski definition) is 2. The smallest absolute Gasteiger partial charge is 0.309 e. The lowest BCUT2D eigenvalue weighted by molar-refractivity contribution is -0.140. The lowest BCUT2D eigenvalue weighted by Crippen LogP contribution is -2.53. The van der Waals surface area contributed by atoms with Gasteiger partial charge in [-0.2, -0.15) is 4.31 Å². The number of carbonyl (C=O) groups excluding carboxylic acids is 2. The van der Waals surface area contributed by atoms with Crippen molar-refractivity contribution in [1.29, 1.82) is 0 Å². The first kappa shape index (κ1) is 24.5. The fraction of sp³-hybridized carbons (Fsp3) is 0.565. The first-order valence-electron chi connectivity index (χ1n) is 11.7. The normalized spacial score (nSPS) is 20.8. The van der Waals surface area contributed by atoms with Crippen LogP contribution in [0, 0.1) is 0 Å². The predicted octanol–water partition coefficient (Wildman–Crippen LogP) is 1.32. The molecular weight excluding hydrogens is 462 g/mol. The molecule has 2 N–H and O–H groups in total. The Labute approximate surface area is 199 Å². The minimum atomic E-state index is -3.92. The summed E-state index contributed by atoms with van der Waals surface area (Å²) in [5.41, 5.74) is 1.31. The quantitative estimate of drug-likeness (QED) is 0.434. The molecule has 1 fully saturated rings. The molecule has 0 radical (unpaired) electrons. The summed E-state index contributed by atoms with van der Waals surface area (Å²) in [6.07, 6.45) is 6.99. The van der Waals surface area contributed by atoms with E-state index in [1.807, 2.05) is 0 Å². The number of rotatable bonds is 7. The van der Waals surface area contributed by atoms with Crippen molar-refractivity contribution in [2.45, 2.75) is 49.6 Å². The molecule has 0 unspecified atom stereocenters. The van der Waals surface area contributed by atoms with E-state index >= 15 is 0 Å². The van der Waals surface area contributed by atoms with E-state index in [-0.39, 0.29) is 18.0 Å². The van der Waals surface area contributed by atoms with E-state index < -0.39 is 28.1 Å². The number of amides is 2. The maximum absolute atomic E-state index is 13.3. The Morgan fingerprint density at radius 1 is 1.00 bits per heavy atom. The van der Waals surface area contributed by atoms with E-state index in [2.05, 4.69) is 16.7 Å². The van der Waals surface area contributed by atoms with E-state index in [4.69, 9.17) is 14.2 Å². The zero-order valence-electron chi connectivity index (χ0n) is 19.1. The number of hydrogen-bond acceptors (Lipinski definition) is 7. The molecule has 34 heavy (non-hydrogen) atoms. The Morgan fingerprint density at radius 3 is 2.59 bits per heavy atom. The van der Waals surface area contributed by atoms with E-state index in [0.29, 0.717) is 44.3 Å². The highest BCUT2D eigenvalue weighted by molar-refractivity contribution is 7.89. The fourth-order valence-corrected chi connectivity index (χ4v) is 5.81. The molecule has 1 saturated heterocycles. The molecule has 2 heterocycles. The van der Waals surface area contributed by atoms with Crippen molar-refractivity contribution in [3.63, 3.8) is 0 Å². The number of carbonyl (C=O) groups is 2. The van der Waals surface area contributed by atoms with Crippen LogP contribution in [-0.2, 0) is 24.3 Å². The summed E-state index contributed by atoms with van der Waals surface area (Å²) in [5.74, 6) is -0.692. The molecule has 0 aromatic heterocycles. The third-order valence-electron chi connectivity index (χ3n) is 6.03. The van der Waals surface area contributed by atoms with Crippen LogP contribution in [0.4, 0.5) is 0 Å². The average molecular weight is 494 g/mol. The standard InChI is InChI=1S/C23H31N3O7S/c27-22(24-10-9-17-5-2-1-3-6-17)23(28)25-16-21-26(11-4-12-33-21)34(29,30)18-7-8-19-20(15-18)32-14-13-31-19/h5,7-8,15,21H,1-4,6,9-14,16H2,(H,24,27)(H,25,28)/t21-/m0/s1. The molecule has 186 valence electrons. The molecule has 1 aromatic rings. The fourth-order valence-electron chi connectivity index (χ4n) is 4.23. The molecule has 11 heteroatoms. The molecule has 4 rings (SSSR count). The molecule has 1 atom stereocenters. The minimum Gasteiger partial charge on any atom is -0.486 e. The largest absolute Gasteiger partial charge is 0.486 e. The second kappa shape index (κ2) is 11.2. The Kier molecular flexibility index (Phi) is 8.07. The van der Waals surface area contributed by atoms with Crippen LogP contribution in [-0.4, -0.2) is 70.2 Å². The van der Waals surface area contributed by atoms with Crippen LogP contribution < -0.4 is 20.1 Å². The van der Waals surface area contributed by atoms with Gasteiger partial charge in [0.25, 0.3) is 0 Å². The van der Waals surface area contributed by atoms with Gasteiger partial charge in [-0.3, -0.25) is 9.59 Å². The number of sulfonamides is 1. The molecule has 3 aliphatic rings. The maximum Gasteiger partial charge on any atom is 0.309 e. The van der Waals surface area contributed by atoms with Crippen LogP contribution >= 0.6 is 0 Å². The van der Waals surface area contributed by atoms with Crippen LogP contribution in [0.1, 0.15) is 38.5 Å². The SMILES string of the molecule is O=C(NCCC1=CCCCC1)C(=O)NC[C@@H]1OCCCN1S(=O)(=O)c1ccc2c(c1)OCCO2.